The lowest BCUT2D eigenvalue weighted by molar-refractivity contribution is 0.182. The van der Waals surface area contributed by atoms with Crippen molar-refractivity contribution in [2.45, 2.75) is 37.8 Å². The van der Waals surface area contributed by atoms with Crippen LogP contribution in [0.1, 0.15) is 30.1 Å². The molecule has 23 heavy (non-hydrogen) atoms. The van der Waals surface area contributed by atoms with E-state index in [9.17, 15) is 4.79 Å². The lowest BCUT2D eigenvalue weighted by atomic mass is 9.97. The van der Waals surface area contributed by atoms with Gasteiger partial charge in [0.05, 0.1) is 24.9 Å². The molecule has 2 atom stereocenters. The van der Waals surface area contributed by atoms with E-state index in [1.165, 1.54) is 0 Å². The van der Waals surface area contributed by atoms with Crippen molar-refractivity contribution in [1.82, 2.24) is 14.8 Å². The average molecular weight is 312 g/mol. The van der Waals surface area contributed by atoms with Crippen LogP contribution in [-0.4, -0.2) is 34.0 Å². The third kappa shape index (κ3) is 2.86. The highest BCUT2D eigenvalue weighted by atomic mass is 16.5. The van der Waals surface area contributed by atoms with Crippen molar-refractivity contribution >= 4 is 5.69 Å². The van der Waals surface area contributed by atoms with Crippen molar-refractivity contribution in [3.63, 3.8) is 0 Å². The highest BCUT2D eigenvalue weighted by molar-refractivity contribution is 5.42. The first-order chi connectivity index (χ1) is 11.3. The number of nitrogens with zero attached hydrogens (tertiary/aromatic N) is 3. The molecule has 1 fully saturated rings. The second-order valence-electron chi connectivity index (χ2n) is 6.20. The molecule has 2 aliphatic rings. The van der Waals surface area contributed by atoms with Crippen molar-refractivity contribution in [3.8, 4) is 0 Å². The highest BCUT2D eigenvalue weighted by Gasteiger charge is 2.32. The van der Waals surface area contributed by atoms with E-state index in [-0.39, 0.29) is 17.6 Å². The van der Waals surface area contributed by atoms with Crippen LogP contribution in [0.4, 0.5) is 5.69 Å². The Morgan fingerprint density at radius 3 is 2.87 bits per heavy atom. The minimum atomic E-state index is -0.0807. The molecule has 1 aliphatic heterocycles. The zero-order chi connectivity index (χ0) is 15.6. The van der Waals surface area contributed by atoms with E-state index in [1.54, 1.807) is 23.1 Å². The first kappa shape index (κ1) is 14.4. The molecule has 0 saturated carbocycles. The molecule has 1 N–H and O–H groups in total. The maximum atomic E-state index is 12.5. The predicted octanol–water partition coefficient (Wildman–Crippen LogP) is 1.57. The molecule has 0 radical (unpaired) electrons. The van der Waals surface area contributed by atoms with Gasteiger partial charge in [-0.15, -0.1) is 0 Å². The van der Waals surface area contributed by atoms with Crippen LogP contribution in [0.25, 0.3) is 0 Å². The zero-order valence-electron chi connectivity index (χ0n) is 12.9. The van der Waals surface area contributed by atoms with Gasteiger partial charge in [0, 0.05) is 24.1 Å². The predicted molar refractivity (Wildman–Crippen MR) is 86.6 cm³/mol. The van der Waals surface area contributed by atoms with Gasteiger partial charge in [-0.3, -0.25) is 9.78 Å². The third-order valence-electron chi connectivity index (χ3n) is 4.63. The molecular formula is C17H20N4O2. The van der Waals surface area contributed by atoms with Crippen LogP contribution in [0.15, 0.2) is 35.4 Å². The number of aryl methyl sites for hydroxylation is 2. The molecule has 2 aromatic heterocycles. The molecule has 1 aliphatic carbocycles. The lowest BCUT2D eigenvalue weighted by Crippen LogP contribution is -2.38. The Bertz CT molecular complexity index is 744. The Labute approximate surface area is 134 Å². The van der Waals surface area contributed by atoms with Gasteiger partial charge in [0.25, 0.3) is 5.56 Å². The van der Waals surface area contributed by atoms with Gasteiger partial charge in [-0.2, -0.15) is 5.10 Å². The van der Waals surface area contributed by atoms with E-state index in [4.69, 9.17) is 4.74 Å². The fourth-order valence-corrected chi connectivity index (χ4v) is 3.40. The van der Waals surface area contributed by atoms with E-state index in [2.05, 4.69) is 15.4 Å². The zero-order valence-corrected chi connectivity index (χ0v) is 12.9. The largest absolute Gasteiger partial charge is 0.378 e. The number of anilines is 1. The second kappa shape index (κ2) is 6.12. The summed E-state index contributed by atoms with van der Waals surface area (Å²) < 4.78 is 7.24. The number of aromatic nitrogens is 3. The van der Waals surface area contributed by atoms with E-state index in [0.717, 1.165) is 42.6 Å². The minimum absolute atomic E-state index is 0.0253. The van der Waals surface area contributed by atoms with Crippen LogP contribution in [-0.2, 0) is 17.6 Å². The highest BCUT2D eigenvalue weighted by Crippen LogP contribution is 2.23. The van der Waals surface area contributed by atoms with E-state index in [0.29, 0.717) is 13.2 Å². The maximum absolute atomic E-state index is 12.5. The van der Waals surface area contributed by atoms with Gasteiger partial charge in [0.2, 0.25) is 0 Å². The Kier molecular flexibility index (Phi) is 3.83. The number of pyridine rings is 1. The van der Waals surface area contributed by atoms with Crippen molar-refractivity contribution in [3.05, 3.63) is 52.2 Å². The average Bonchev–Trinajstić information content (AvgIpc) is 3.03. The molecule has 2 unspecified atom stereocenters. The van der Waals surface area contributed by atoms with Gasteiger partial charge in [-0.25, -0.2) is 4.68 Å². The summed E-state index contributed by atoms with van der Waals surface area (Å²) in [5.74, 6) is 0. The Morgan fingerprint density at radius 1 is 1.17 bits per heavy atom. The molecule has 4 rings (SSSR count). The molecule has 120 valence electrons. The van der Waals surface area contributed by atoms with Crippen LogP contribution in [0, 0.1) is 0 Å². The molecule has 1 saturated heterocycles. The van der Waals surface area contributed by atoms with Gasteiger partial charge in [0.1, 0.15) is 6.04 Å². The molecule has 0 bridgehead atoms. The van der Waals surface area contributed by atoms with Crippen LogP contribution < -0.4 is 10.9 Å². The number of rotatable bonds is 3. The van der Waals surface area contributed by atoms with E-state index in [1.807, 2.05) is 12.1 Å². The van der Waals surface area contributed by atoms with Gasteiger partial charge >= 0.3 is 0 Å². The summed E-state index contributed by atoms with van der Waals surface area (Å²) in [5.41, 5.74) is 3.15. The summed E-state index contributed by atoms with van der Waals surface area (Å²) in [6.07, 6.45) is 7.73. The molecule has 0 spiro atoms. The molecule has 6 nitrogen and oxygen atoms in total. The van der Waals surface area contributed by atoms with E-state index < -0.39 is 0 Å². The molecule has 3 heterocycles. The summed E-state index contributed by atoms with van der Waals surface area (Å²) >= 11 is 0. The summed E-state index contributed by atoms with van der Waals surface area (Å²) in [5, 5.41) is 8.09. The topological polar surface area (TPSA) is 69.0 Å². The van der Waals surface area contributed by atoms with Gasteiger partial charge in [-0.05, 0) is 43.4 Å². The van der Waals surface area contributed by atoms with Gasteiger partial charge in [0.15, 0.2) is 0 Å². The second-order valence-corrected chi connectivity index (χ2v) is 6.20. The fraction of sp³-hybridized carbons (Fsp3) is 0.471. The SMILES string of the molecule is O=c1cc2c(nn1C1COCC1Nc1ccncc1)CCCC2. The Balaban J connectivity index is 1.62. The Hall–Kier alpha value is -2.21. The smallest absolute Gasteiger partial charge is 0.267 e. The summed E-state index contributed by atoms with van der Waals surface area (Å²) in [6.45, 7) is 1.08. The maximum Gasteiger partial charge on any atom is 0.267 e. The minimum Gasteiger partial charge on any atom is -0.378 e. The number of nitrogens with one attached hydrogen (secondary N) is 1. The molecular weight excluding hydrogens is 292 g/mol. The monoisotopic (exact) mass is 312 g/mol. The first-order valence-electron chi connectivity index (χ1n) is 8.17. The molecule has 6 heteroatoms. The fourth-order valence-electron chi connectivity index (χ4n) is 3.40. The van der Waals surface area contributed by atoms with Crippen molar-refractivity contribution in [1.29, 1.82) is 0 Å². The van der Waals surface area contributed by atoms with E-state index >= 15 is 0 Å². The summed E-state index contributed by atoms with van der Waals surface area (Å²) in [7, 11) is 0. The van der Waals surface area contributed by atoms with Crippen molar-refractivity contribution < 1.29 is 4.74 Å². The number of ether oxygens (including phenoxy) is 1. The molecule has 0 amide bonds. The van der Waals surface area contributed by atoms with Crippen LogP contribution in [0.3, 0.4) is 0 Å². The standard InChI is InChI=1S/C17H20N4O2/c22-17-9-12-3-1-2-4-14(12)20-21(17)16-11-23-10-15(16)19-13-5-7-18-8-6-13/h5-9,15-16H,1-4,10-11H2,(H,18,19). The third-order valence-corrected chi connectivity index (χ3v) is 4.63. The normalized spacial score (nSPS) is 23.5. The van der Waals surface area contributed by atoms with Crippen LogP contribution in [0.5, 0.6) is 0 Å². The van der Waals surface area contributed by atoms with Gasteiger partial charge in [-0.1, -0.05) is 0 Å². The number of hydrogen-bond donors (Lipinski definition) is 1. The van der Waals surface area contributed by atoms with Crippen molar-refractivity contribution in [2.75, 3.05) is 18.5 Å². The summed E-state index contributed by atoms with van der Waals surface area (Å²) in [4.78, 5) is 16.5. The first-order valence-corrected chi connectivity index (χ1v) is 8.17. The number of hydrogen-bond acceptors (Lipinski definition) is 5. The van der Waals surface area contributed by atoms with Gasteiger partial charge < -0.3 is 10.1 Å². The van der Waals surface area contributed by atoms with Crippen LogP contribution in [0.2, 0.25) is 0 Å². The molecule has 0 aromatic carbocycles. The number of fused-ring (bicyclic) bond motifs is 1. The Morgan fingerprint density at radius 2 is 2.00 bits per heavy atom. The molecule has 2 aromatic rings. The summed E-state index contributed by atoms with van der Waals surface area (Å²) in [6, 6.07) is 5.55. The quantitative estimate of drug-likeness (QED) is 0.931. The lowest BCUT2D eigenvalue weighted by Gasteiger charge is -2.23. The van der Waals surface area contributed by atoms with Crippen molar-refractivity contribution in [2.24, 2.45) is 0 Å². The van der Waals surface area contributed by atoms with Crippen LogP contribution >= 0.6 is 0 Å².